The third-order valence-electron chi connectivity index (χ3n) is 3.75. The number of carboxylic acids is 1. The number of anilines is 1. The molecule has 2 atom stereocenters. The van der Waals surface area contributed by atoms with Gasteiger partial charge in [-0.25, -0.2) is 22.5 Å². The van der Waals surface area contributed by atoms with Gasteiger partial charge >= 0.3 is 5.97 Å². The van der Waals surface area contributed by atoms with E-state index in [4.69, 9.17) is 0 Å². The maximum absolute atomic E-state index is 12.0. The first-order valence-corrected chi connectivity index (χ1v) is 8.07. The molecule has 0 amide bonds. The summed E-state index contributed by atoms with van der Waals surface area (Å²) in [7, 11) is -0.621. The molecule has 8 heteroatoms. The lowest BCUT2D eigenvalue weighted by atomic mass is 10.0. The second-order valence-corrected chi connectivity index (χ2v) is 7.53. The zero-order chi connectivity index (χ0) is 15.8. The van der Waals surface area contributed by atoms with Crippen molar-refractivity contribution >= 4 is 21.8 Å². The van der Waals surface area contributed by atoms with Crippen molar-refractivity contribution in [2.45, 2.75) is 24.3 Å². The van der Waals surface area contributed by atoms with Gasteiger partial charge < -0.3 is 10.0 Å². The van der Waals surface area contributed by atoms with Crippen molar-refractivity contribution in [2.75, 3.05) is 25.5 Å². The summed E-state index contributed by atoms with van der Waals surface area (Å²) in [5.74, 6) is -0.356. The summed E-state index contributed by atoms with van der Waals surface area (Å²) < 4.78 is 25.0. The molecule has 21 heavy (non-hydrogen) atoms. The van der Waals surface area contributed by atoms with E-state index in [-0.39, 0.29) is 10.8 Å². The predicted molar refractivity (Wildman–Crippen MR) is 77.7 cm³/mol. The lowest BCUT2D eigenvalue weighted by Crippen LogP contribution is -2.39. The van der Waals surface area contributed by atoms with Crippen LogP contribution in [0.3, 0.4) is 0 Å². The number of carboxylic acid groups (broad SMARTS) is 1. The number of nitrogens with zero attached hydrogens (tertiary/aromatic N) is 3. The van der Waals surface area contributed by atoms with E-state index in [1.807, 2.05) is 6.92 Å². The number of aliphatic carboxylic acids is 1. The number of aromatic nitrogens is 1. The van der Waals surface area contributed by atoms with Crippen molar-refractivity contribution in [1.29, 1.82) is 0 Å². The highest BCUT2D eigenvalue weighted by atomic mass is 32.2. The molecule has 1 aliphatic heterocycles. The number of rotatable bonds is 4. The lowest BCUT2D eigenvalue weighted by Gasteiger charge is -2.24. The van der Waals surface area contributed by atoms with Gasteiger partial charge in [0.25, 0.3) is 0 Å². The first kappa shape index (κ1) is 15.7. The maximum Gasteiger partial charge on any atom is 0.326 e. The monoisotopic (exact) mass is 313 g/mol. The number of hydrogen-bond acceptors (Lipinski definition) is 5. The molecular weight excluding hydrogens is 294 g/mol. The van der Waals surface area contributed by atoms with Crippen molar-refractivity contribution in [3.63, 3.8) is 0 Å². The van der Waals surface area contributed by atoms with Crippen LogP contribution in [0.2, 0.25) is 0 Å². The predicted octanol–water partition coefficient (Wildman–Crippen LogP) is 0.631. The van der Waals surface area contributed by atoms with Crippen LogP contribution in [0.5, 0.6) is 0 Å². The topological polar surface area (TPSA) is 90.8 Å². The first-order chi connectivity index (χ1) is 9.75. The van der Waals surface area contributed by atoms with Crippen LogP contribution in [0.1, 0.15) is 13.3 Å². The normalized spacial score (nSPS) is 22.8. The molecule has 1 saturated heterocycles. The van der Waals surface area contributed by atoms with Crippen molar-refractivity contribution in [2.24, 2.45) is 5.92 Å². The zero-order valence-corrected chi connectivity index (χ0v) is 13.0. The van der Waals surface area contributed by atoms with Crippen LogP contribution < -0.4 is 4.90 Å². The maximum atomic E-state index is 12.0. The van der Waals surface area contributed by atoms with E-state index in [2.05, 4.69) is 4.98 Å². The van der Waals surface area contributed by atoms with Gasteiger partial charge in [0.1, 0.15) is 16.8 Å². The first-order valence-electron chi connectivity index (χ1n) is 6.63. The molecule has 1 aromatic heterocycles. The Bertz CT molecular complexity index is 627. The van der Waals surface area contributed by atoms with E-state index in [0.717, 1.165) is 10.7 Å². The van der Waals surface area contributed by atoms with Gasteiger partial charge in [-0.05, 0) is 24.5 Å². The molecule has 1 N–H and O–H groups in total. The van der Waals surface area contributed by atoms with Crippen molar-refractivity contribution in [1.82, 2.24) is 9.29 Å². The standard InChI is InChI=1S/C13H19N3O4S/c1-9-6-7-16(12(9)13(17)18)11-5-4-10(8-14-11)21(19,20)15(2)3/h4-5,8-9,12H,6-7H2,1-3H3,(H,17,18). The molecule has 0 aromatic carbocycles. The summed E-state index contributed by atoms with van der Waals surface area (Å²) in [4.78, 5) is 17.3. The summed E-state index contributed by atoms with van der Waals surface area (Å²) in [5, 5.41) is 9.30. The summed E-state index contributed by atoms with van der Waals surface area (Å²) in [6, 6.07) is 2.40. The Morgan fingerprint density at radius 1 is 1.43 bits per heavy atom. The highest BCUT2D eigenvalue weighted by Crippen LogP contribution is 2.29. The minimum Gasteiger partial charge on any atom is -0.480 e. The summed E-state index contributed by atoms with van der Waals surface area (Å²) in [6.45, 7) is 2.49. The molecule has 0 saturated carbocycles. The van der Waals surface area contributed by atoms with Crippen LogP contribution in [-0.2, 0) is 14.8 Å². The summed E-state index contributed by atoms with van der Waals surface area (Å²) in [5.41, 5.74) is 0. The SMILES string of the molecule is CC1CCN(c2ccc(S(=O)(=O)N(C)C)cn2)C1C(=O)O. The minimum atomic E-state index is -3.52. The Morgan fingerprint density at radius 2 is 2.10 bits per heavy atom. The molecule has 1 fully saturated rings. The smallest absolute Gasteiger partial charge is 0.326 e. The van der Waals surface area contributed by atoms with Crippen LogP contribution in [0.4, 0.5) is 5.82 Å². The number of sulfonamides is 1. The zero-order valence-electron chi connectivity index (χ0n) is 12.2. The van der Waals surface area contributed by atoms with Crippen molar-refractivity contribution in [3.8, 4) is 0 Å². The van der Waals surface area contributed by atoms with Gasteiger partial charge in [-0.15, -0.1) is 0 Å². The highest BCUT2D eigenvalue weighted by molar-refractivity contribution is 7.89. The van der Waals surface area contributed by atoms with Crippen LogP contribution in [0.25, 0.3) is 0 Å². The molecule has 1 aromatic rings. The third-order valence-corrected chi connectivity index (χ3v) is 5.55. The van der Waals surface area contributed by atoms with Crippen LogP contribution in [0.15, 0.2) is 23.2 Å². The molecule has 116 valence electrons. The Kier molecular flexibility index (Phi) is 4.20. The van der Waals surface area contributed by atoms with Crippen LogP contribution in [-0.4, -0.2) is 55.5 Å². The van der Waals surface area contributed by atoms with Crippen molar-refractivity contribution in [3.05, 3.63) is 18.3 Å². The van der Waals surface area contributed by atoms with E-state index in [1.54, 1.807) is 11.0 Å². The van der Waals surface area contributed by atoms with Crippen LogP contribution >= 0.6 is 0 Å². The van der Waals surface area contributed by atoms with Gasteiger partial charge in [-0.3, -0.25) is 0 Å². The van der Waals surface area contributed by atoms with Gasteiger partial charge in [0.15, 0.2) is 0 Å². The summed E-state index contributed by atoms with van der Waals surface area (Å²) >= 11 is 0. The Morgan fingerprint density at radius 3 is 2.57 bits per heavy atom. The highest BCUT2D eigenvalue weighted by Gasteiger charge is 2.37. The quantitative estimate of drug-likeness (QED) is 0.877. The molecule has 0 spiro atoms. The Labute approximate surface area is 124 Å². The number of hydrogen-bond donors (Lipinski definition) is 1. The van der Waals surface area contributed by atoms with E-state index in [0.29, 0.717) is 12.4 Å². The van der Waals surface area contributed by atoms with E-state index in [9.17, 15) is 18.3 Å². The van der Waals surface area contributed by atoms with E-state index < -0.39 is 22.0 Å². The Hall–Kier alpha value is -1.67. The number of pyridine rings is 1. The largest absolute Gasteiger partial charge is 0.480 e. The van der Waals surface area contributed by atoms with Gasteiger partial charge in [0.2, 0.25) is 10.0 Å². The fourth-order valence-electron chi connectivity index (χ4n) is 2.49. The van der Waals surface area contributed by atoms with E-state index in [1.165, 1.54) is 26.4 Å². The molecular formula is C13H19N3O4S. The lowest BCUT2D eigenvalue weighted by molar-refractivity contribution is -0.139. The molecule has 0 radical (unpaired) electrons. The average Bonchev–Trinajstić information content (AvgIpc) is 2.80. The van der Waals surface area contributed by atoms with Gasteiger partial charge in [0.05, 0.1) is 0 Å². The van der Waals surface area contributed by atoms with Gasteiger partial charge in [0, 0.05) is 26.8 Å². The van der Waals surface area contributed by atoms with Gasteiger partial charge in [-0.1, -0.05) is 6.92 Å². The fourth-order valence-corrected chi connectivity index (χ4v) is 3.33. The van der Waals surface area contributed by atoms with Gasteiger partial charge in [-0.2, -0.15) is 0 Å². The molecule has 1 aliphatic rings. The second-order valence-electron chi connectivity index (χ2n) is 5.38. The molecule has 2 unspecified atom stereocenters. The average molecular weight is 313 g/mol. The Balaban J connectivity index is 2.30. The van der Waals surface area contributed by atoms with E-state index >= 15 is 0 Å². The molecule has 0 aliphatic carbocycles. The minimum absolute atomic E-state index is 0.0366. The summed E-state index contributed by atoms with van der Waals surface area (Å²) in [6.07, 6.45) is 2.04. The fraction of sp³-hybridized carbons (Fsp3) is 0.538. The third kappa shape index (κ3) is 2.86. The number of carbonyl (C=O) groups is 1. The van der Waals surface area contributed by atoms with Crippen molar-refractivity contribution < 1.29 is 18.3 Å². The molecule has 0 bridgehead atoms. The molecule has 2 heterocycles. The second kappa shape index (κ2) is 5.61. The molecule has 7 nitrogen and oxygen atoms in total. The van der Waals surface area contributed by atoms with Crippen LogP contribution in [0, 0.1) is 5.92 Å². The molecule has 2 rings (SSSR count).